The van der Waals surface area contributed by atoms with E-state index in [-0.39, 0.29) is 11.7 Å². The minimum atomic E-state index is -0.396. The second-order valence-electron chi connectivity index (χ2n) is 5.84. The Kier molecular flexibility index (Phi) is 4.80. The van der Waals surface area contributed by atoms with E-state index in [2.05, 4.69) is 15.1 Å². The van der Waals surface area contributed by atoms with Crippen LogP contribution < -0.4 is 9.80 Å². The van der Waals surface area contributed by atoms with Gasteiger partial charge >= 0.3 is 0 Å². The van der Waals surface area contributed by atoms with Gasteiger partial charge in [0.1, 0.15) is 5.69 Å². The van der Waals surface area contributed by atoms with Gasteiger partial charge in [-0.2, -0.15) is 5.10 Å². The summed E-state index contributed by atoms with van der Waals surface area (Å²) in [4.78, 5) is 15.0. The van der Waals surface area contributed by atoms with Crippen LogP contribution in [0.3, 0.4) is 0 Å². The highest BCUT2D eigenvalue weighted by Crippen LogP contribution is 2.32. The van der Waals surface area contributed by atoms with E-state index in [0.29, 0.717) is 17.3 Å². The second kappa shape index (κ2) is 7.00. The first-order valence-corrected chi connectivity index (χ1v) is 8.13. The van der Waals surface area contributed by atoms with Crippen LogP contribution in [0, 0.1) is 10.1 Å². The normalized spacial score (nSPS) is 17.1. The lowest BCUT2D eigenvalue weighted by Gasteiger charge is -2.30. The molecule has 1 aliphatic heterocycles. The Bertz CT molecular complexity index is 728. The number of hydrogen-bond acceptors (Lipinski definition) is 6. The summed E-state index contributed by atoms with van der Waals surface area (Å²) >= 11 is 5.89. The molecule has 0 N–H and O–H groups in total. The topological polar surface area (TPSA) is 75.4 Å². The number of nitro benzene ring substituents is 1. The van der Waals surface area contributed by atoms with Crippen molar-refractivity contribution in [2.45, 2.75) is 18.9 Å². The van der Waals surface area contributed by atoms with Gasteiger partial charge in [-0.3, -0.25) is 10.1 Å². The average molecular weight is 348 g/mol. The van der Waals surface area contributed by atoms with Crippen molar-refractivity contribution < 1.29 is 4.92 Å². The fourth-order valence-corrected chi connectivity index (χ4v) is 3.32. The molecular formula is C16H18ClN5O2. The number of hydrogen-bond donors (Lipinski definition) is 0. The van der Waals surface area contributed by atoms with E-state index in [9.17, 15) is 10.1 Å². The number of anilines is 2. The summed E-state index contributed by atoms with van der Waals surface area (Å²) in [5.41, 5.74) is 0.587. The van der Waals surface area contributed by atoms with Crippen molar-refractivity contribution in [3.05, 3.63) is 51.7 Å². The highest BCUT2D eigenvalue weighted by molar-refractivity contribution is 6.30. The molecule has 24 heavy (non-hydrogen) atoms. The molecule has 0 spiro atoms. The zero-order valence-electron chi connectivity index (χ0n) is 13.3. The maximum absolute atomic E-state index is 11.3. The van der Waals surface area contributed by atoms with E-state index in [1.807, 2.05) is 24.1 Å². The third-order valence-electron chi connectivity index (χ3n) is 4.26. The Balaban J connectivity index is 1.79. The van der Waals surface area contributed by atoms with Crippen molar-refractivity contribution in [1.82, 2.24) is 10.2 Å². The van der Waals surface area contributed by atoms with Crippen LogP contribution in [-0.4, -0.2) is 41.3 Å². The van der Waals surface area contributed by atoms with Crippen molar-refractivity contribution in [3.63, 3.8) is 0 Å². The van der Waals surface area contributed by atoms with Gasteiger partial charge in [-0.15, -0.1) is 5.10 Å². The van der Waals surface area contributed by atoms with Gasteiger partial charge in [0, 0.05) is 43.5 Å². The SMILES string of the molecule is CN(CC1CCCN1c1cccnn1)c1ccc(Cl)cc1[N+](=O)[O-]. The number of nitro groups is 1. The molecule has 8 heteroatoms. The van der Waals surface area contributed by atoms with Gasteiger partial charge in [-0.05, 0) is 37.1 Å². The van der Waals surface area contributed by atoms with Crippen LogP contribution in [0.5, 0.6) is 0 Å². The number of rotatable bonds is 5. The number of halogens is 1. The molecule has 0 amide bonds. The molecule has 1 aliphatic rings. The molecular weight excluding hydrogens is 330 g/mol. The van der Waals surface area contributed by atoms with Crippen LogP contribution in [0.25, 0.3) is 0 Å². The fraction of sp³-hybridized carbons (Fsp3) is 0.375. The summed E-state index contributed by atoms with van der Waals surface area (Å²) < 4.78 is 0. The standard InChI is InChI=1S/C16H18ClN5O2/c1-20(14-7-6-12(17)10-15(14)22(23)24)11-13-4-3-9-21(13)16-5-2-8-18-19-16/h2,5-8,10,13H,3-4,9,11H2,1H3. The second-order valence-corrected chi connectivity index (χ2v) is 6.28. The molecule has 0 aliphatic carbocycles. The van der Waals surface area contributed by atoms with Crippen molar-refractivity contribution in [2.75, 3.05) is 29.9 Å². The third kappa shape index (κ3) is 3.41. The zero-order chi connectivity index (χ0) is 17.1. The fourth-order valence-electron chi connectivity index (χ4n) is 3.15. The average Bonchev–Trinajstić information content (AvgIpc) is 3.03. The summed E-state index contributed by atoms with van der Waals surface area (Å²) in [6, 6.07) is 8.81. The molecule has 0 bridgehead atoms. The van der Waals surface area contributed by atoms with Crippen LogP contribution in [-0.2, 0) is 0 Å². The quantitative estimate of drug-likeness (QED) is 0.611. The Morgan fingerprint density at radius 3 is 3.00 bits per heavy atom. The van der Waals surface area contributed by atoms with Gasteiger partial charge in [-0.25, -0.2) is 0 Å². The van der Waals surface area contributed by atoms with Crippen molar-refractivity contribution in [3.8, 4) is 0 Å². The van der Waals surface area contributed by atoms with Crippen LogP contribution in [0.2, 0.25) is 5.02 Å². The molecule has 7 nitrogen and oxygen atoms in total. The van der Waals surface area contributed by atoms with Crippen LogP contribution in [0.1, 0.15) is 12.8 Å². The van der Waals surface area contributed by atoms with E-state index in [0.717, 1.165) is 25.2 Å². The molecule has 2 aromatic rings. The minimum absolute atomic E-state index is 0.0223. The Hall–Kier alpha value is -2.41. The number of likely N-dealkylation sites (N-methyl/N-ethyl adjacent to an activating group) is 1. The number of benzene rings is 1. The van der Waals surface area contributed by atoms with E-state index >= 15 is 0 Å². The lowest BCUT2D eigenvalue weighted by Crippen LogP contribution is -2.39. The van der Waals surface area contributed by atoms with E-state index < -0.39 is 4.92 Å². The predicted octanol–water partition coefficient (Wildman–Crippen LogP) is 3.14. The maximum atomic E-state index is 11.3. The van der Waals surface area contributed by atoms with Crippen molar-refractivity contribution in [1.29, 1.82) is 0 Å². The van der Waals surface area contributed by atoms with E-state index in [1.165, 1.54) is 6.07 Å². The molecule has 1 aromatic carbocycles. The van der Waals surface area contributed by atoms with E-state index in [1.54, 1.807) is 18.3 Å². The van der Waals surface area contributed by atoms with Crippen LogP contribution in [0.15, 0.2) is 36.5 Å². The molecule has 0 saturated carbocycles. The molecule has 1 fully saturated rings. The minimum Gasteiger partial charge on any atom is -0.367 e. The maximum Gasteiger partial charge on any atom is 0.294 e. The molecule has 1 atom stereocenters. The van der Waals surface area contributed by atoms with E-state index in [4.69, 9.17) is 11.6 Å². The smallest absolute Gasteiger partial charge is 0.294 e. The molecule has 126 valence electrons. The van der Waals surface area contributed by atoms with Gasteiger partial charge in [-0.1, -0.05) is 11.6 Å². The molecule has 2 heterocycles. The lowest BCUT2D eigenvalue weighted by atomic mass is 10.2. The van der Waals surface area contributed by atoms with Crippen molar-refractivity contribution in [2.24, 2.45) is 0 Å². The summed E-state index contributed by atoms with van der Waals surface area (Å²) in [6.07, 6.45) is 3.73. The largest absolute Gasteiger partial charge is 0.367 e. The molecule has 0 radical (unpaired) electrons. The van der Waals surface area contributed by atoms with Gasteiger partial charge in [0.05, 0.1) is 4.92 Å². The number of nitrogens with zero attached hydrogens (tertiary/aromatic N) is 5. The highest BCUT2D eigenvalue weighted by Gasteiger charge is 2.28. The Morgan fingerprint density at radius 1 is 1.46 bits per heavy atom. The summed E-state index contributed by atoms with van der Waals surface area (Å²) in [5.74, 6) is 0.846. The molecule has 1 unspecified atom stereocenters. The Labute approximate surface area is 145 Å². The van der Waals surface area contributed by atoms with Gasteiger partial charge < -0.3 is 9.80 Å². The molecule has 1 aromatic heterocycles. The first-order chi connectivity index (χ1) is 11.6. The summed E-state index contributed by atoms with van der Waals surface area (Å²) in [6.45, 7) is 1.58. The molecule has 3 rings (SSSR count). The zero-order valence-corrected chi connectivity index (χ0v) is 14.1. The first-order valence-electron chi connectivity index (χ1n) is 7.75. The summed E-state index contributed by atoms with van der Waals surface area (Å²) in [7, 11) is 1.86. The highest BCUT2D eigenvalue weighted by atomic mass is 35.5. The summed E-state index contributed by atoms with van der Waals surface area (Å²) in [5, 5.41) is 19.8. The van der Waals surface area contributed by atoms with Gasteiger partial charge in [0.2, 0.25) is 0 Å². The monoisotopic (exact) mass is 347 g/mol. The first kappa shape index (κ1) is 16.4. The lowest BCUT2D eigenvalue weighted by molar-refractivity contribution is -0.384. The number of aromatic nitrogens is 2. The van der Waals surface area contributed by atoms with Crippen molar-refractivity contribution >= 4 is 28.8 Å². The van der Waals surface area contributed by atoms with Gasteiger partial charge in [0.25, 0.3) is 5.69 Å². The van der Waals surface area contributed by atoms with Gasteiger partial charge in [0.15, 0.2) is 5.82 Å². The predicted molar refractivity (Wildman–Crippen MR) is 93.8 cm³/mol. The van der Waals surface area contributed by atoms with Crippen LogP contribution >= 0.6 is 11.6 Å². The third-order valence-corrected chi connectivity index (χ3v) is 4.49. The Morgan fingerprint density at radius 2 is 2.29 bits per heavy atom. The van der Waals surface area contributed by atoms with Crippen LogP contribution in [0.4, 0.5) is 17.2 Å². The molecule has 1 saturated heterocycles.